The second kappa shape index (κ2) is 2.63. The highest BCUT2D eigenvalue weighted by atomic mass is 32.1. The molecule has 0 unspecified atom stereocenters. The smallest absolute Gasteiger partial charge is 0.102 e. The molecule has 0 radical (unpaired) electrons. The molecule has 2 heteroatoms. The average molecular weight is 179 g/mol. The zero-order valence-corrected chi connectivity index (χ0v) is 8.48. The number of hydrogen-bond donors (Lipinski definition) is 0. The second-order valence-corrected chi connectivity index (χ2v) is 4.38. The fourth-order valence-corrected chi connectivity index (χ4v) is 2.46. The second-order valence-electron chi connectivity index (χ2n) is 3.49. The van der Waals surface area contributed by atoms with Crippen LogP contribution in [0.15, 0.2) is 17.6 Å². The van der Waals surface area contributed by atoms with E-state index in [1.54, 1.807) is 0 Å². The largest absolute Gasteiger partial charge is 0.342 e. The van der Waals surface area contributed by atoms with E-state index < -0.39 is 0 Å². The van der Waals surface area contributed by atoms with E-state index in [1.807, 2.05) is 11.3 Å². The lowest BCUT2D eigenvalue weighted by molar-refractivity contribution is 0.857. The summed E-state index contributed by atoms with van der Waals surface area (Å²) in [5.41, 5.74) is 1.47. The first-order chi connectivity index (χ1) is 5.70. The first kappa shape index (κ1) is 7.87. The van der Waals surface area contributed by atoms with Crippen LogP contribution in [0, 0.1) is 0 Å². The van der Waals surface area contributed by atoms with Gasteiger partial charge in [-0.3, -0.25) is 0 Å². The number of thiophene rings is 1. The number of hydrogen-bond acceptors (Lipinski definition) is 1. The van der Waals surface area contributed by atoms with Gasteiger partial charge in [-0.15, -0.1) is 11.3 Å². The molecule has 0 amide bonds. The highest BCUT2D eigenvalue weighted by Crippen LogP contribution is 2.30. The van der Waals surface area contributed by atoms with Gasteiger partial charge in [-0.25, -0.2) is 0 Å². The predicted molar refractivity (Wildman–Crippen MR) is 54.9 cm³/mol. The van der Waals surface area contributed by atoms with Crippen LogP contribution in [-0.4, -0.2) is 4.57 Å². The SMILES string of the molecule is CC(C)c1cn(C)c2sccc12. The quantitative estimate of drug-likeness (QED) is 0.632. The van der Waals surface area contributed by atoms with Crippen molar-refractivity contribution >= 4 is 21.6 Å². The summed E-state index contributed by atoms with van der Waals surface area (Å²) in [6.45, 7) is 4.49. The minimum Gasteiger partial charge on any atom is -0.342 e. The van der Waals surface area contributed by atoms with Gasteiger partial charge < -0.3 is 4.57 Å². The lowest BCUT2D eigenvalue weighted by Gasteiger charge is -1.99. The Balaban J connectivity index is 2.75. The number of fused-ring (bicyclic) bond motifs is 1. The lowest BCUT2D eigenvalue weighted by atomic mass is 10.1. The van der Waals surface area contributed by atoms with E-state index in [1.165, 1.54) is 15.8 Å². The van der Waals surface area contributed by atoms with Crippen molar-refractivity contribution in [2.75, 3.05) is 0 Å². The van der Waals surface area contributed by atoms with Crippen molar-refractivity contribution in [1.82, 2.24) is 4.57 Å². The summed E-state index contributed by atoms with van der Waals surface area (Å²) in [6.07, 6.45) is 2.24. The normalized spacial score (nSPS) is 11.7. The van der Waals surface area contributed by atoms with Crippen molar-refractivity contribution in [2.24, 2.45) is 7.05 Å². The van der Waals surface area contributed by atoms with Gasteiger partial charge in [0.25, 0.3) is 0 Å². The summed E-state index contributed by atoms with van der Waals surface area (Å²) in [5, 5.41) is 3.59. The van der Waals surface area contributed by atoms with Crippen molar-refractivity contribution in [3.63, 3.8) is 0 Å². The summed E-state index contributed by atoms with van der Waals surface area (Å²) in [7, 11) is 2.12. The van der Waals surface area contributed by atoms with Gasteiger partial charge in [0.05, 0.1) is 0 Å². The van der Waals surface area contributed by atoms with Gasteiger partial charge in [-0.2, -0.15) is 0 Å². The maximum absolute atomic E-state index is 2.24. The van der Waals surface area contributed by atoms with Crippen LogP contribution in [0.25, 0.3) is 10.2 Å². The maximum Gasteiger partial charge on any atom is 0.102 e. The monoisotopic (exact) mass is 179 g/mol. The summed E-state index contributed by atoms with van der Waals surface area (Å²) < 4.78 is 2.22. The van der Waals surface area contributed by atoms with Crippen molar-refractivity contribution in [3.05, 3.63) is 23.2 Å². The Morgan fingerprint density at radius 2 is 2.17 bits per heavy atom. The third-order valence-corrected chi connectivity index (χ3v) is 3.23. The van der Waals surface area contributed by atoms with E-state index in [-0.39, 0.29) is 0 Å². The topological polar surface area (TPSA) is 4.93 Å². The van der Waals surface area contributed by atoms with Crippen LogP contribution in [0.4, 0.5) is 0 Å². The molecular formula is C10H13NS. The van der Waals surface area contributed by atoms with E-state index in [2.05, 4.69) is 43.1 Å². The number of rotatable bonds is 1. The Labute approximate surface area is 76.6 Å². The van der Waals surface area contributed by atoms with Crippen LogP contribution < -0.4 is 0 Å². The summed E-state index contributed by atoms with van der Waals surface area (Å²) in [6, 6.07) is 2.22. The summed E-state index contributed by atoms with van der Waals surface area (Å²) in [5.74, 6) is 0.628. The molecular weight excluding hydrogens is 166 g/mol. The van der Waals surface area contributed by atoms with E-state index in [4.69, 9.17) is 0 Å². The van der Waals surface area contributed by atoms with Crippen molar-refractivity contribution < 1.29 is 0 Å². The highest BCUT2D eigenvalue weighted by molar-refractivity contribution is 7.16. The van der Waals surface area contributed by atoms with Crippen LogP contribution in [0.2, 0.25) is 0 Å². The third-order valence-electron chi connectivity index (χ3n) is 2.23. The highest BCUT2D eigenvalue weighted by Gasteiger charge is 2.09. The molecule has 0 bridgehead atoms. The predicted octanol–water partition coefficient (Wildman–Crippen LogP) is 3.36. The van der Waals surface area contributed by atoms with Crippen LogP contribution in [0.5, 0.6) is 0 Å². The third kappa shape index (κ3) is 0.985. The van der Waals surface area contributed by atoms with Crippen LogP contribution in [0.1, 0.15) is 25.3 Å². The molecule has 0 saturated carbocycles. The zero-order chi connectivity index (χ0) is 8.72. The van der Waals surface area contributed by atoms with E-state index >= 15 is 0 Å². The molecule has 0 atom stereocenters. The Bertz CT molecular complexity index is 395. The van der Waals surface area contributed by atoms with Crippen LogP contribution in [0.3, 0.4) is 0 Å². The van der Waals surface area contributed by atoms with Crippen molar-refractivity contribution in [1.29, 1.82) is 0 Å². The molecule has 0 aliphatic heterocycles. The molecule has 0 aliphatic carbocycles. The van der Waals surface area contributed by atoms with Gasteiger partial charge in [0, 0.05) is 18.6 Å². The molecule has 2 heterocycles. The maximum atomic E-state index is 2.24. The Morgan fingerprint density at radius 1 is 1.42 bits per heavy atom. The molecule has 0 N–H and O–H groups in total. The number of nitrogens with zero attached hydrogens (tertiary/aromatic N) is 1. The molecule has 12 heavy (non-hydrogen) atoms. The van der Waals surface area contributed by atoms with E-state index in [9.17, 15) is 0 Å². The minimum atomic E-state index is 0.628. The molecule has 0 spiro atoms. The Kier molecular flexibility index (Phi) is 1.72. The van der Waals surface area contributed by atoms with Gasteiger partial charge >= 0.3 is 0 Å². The number of aromatic nitrogens is 1. The summed E-state index contributed by atoms with van der Waals surface area (Å²) >= 11 is 1.82. The molecule has 0 fully saturated rings. The van der Waals surface area contributed by atoms with Crippen LogP contribution in [-0.2, 0) is 7.05 Å². The van der Waals surface area contributed by atoms with Crippen molar-refractivity contribution in [3.8, 4) is 0 Å². The van der Waals surface area contributed by atoms with Gasteiger partial charge in [-0.05, 0) is 22.9 Å². The Hall–Kier alpha value is -0.760. The van der Waals surface area contributed by atoms with Gasteiger partial charge in [0.2, 0.25) is 0 Å². The standard InChI is InChI=1S/C10H13NS/c1-7(2)9-6-11(3)10-8(9)4-5-12-10/h4-7H,1-3H3. The van der Waals surface area contributed by atoms with Crippen molar-refractivity contribution in [2.45, 2.75) is 19.8 Å². The molecule has 2 aromatic heterocycles. The lowest BCUT2D eigenvalue weighted by Crippen LogP contribution is -1.84. The molecule has 1 nitrogen and oxygen atoms in total. The number of aryl methyl sites for hydroxylation is 1. The Morgan fingerprint density at radius 3 is 2.83 bits per heavy atom. The van der Waals surface area contributed by atoms with Gasteiger partial charge in [0.1, 0.15) is 4.83 Å². The van der Waals surface area contributed by atoms with E-state index in [0.717, 1.165) is 0 Å². The first-order valence-electron chi connectivity index (χ1n) is 4.22. The van der Waals surface area contributed by atoms with Crippen LogP contribution >= 0.6 is 11.3 Å². The molecule has 2 rings (SSSR count). The molecule has 0 aromatic carbocycles. The molecule has 2 aromatic rings. The minimum absolute atomic E-state index is 0.628. The van der Waals surface area contributed by atoms with Gasteiger partial charge in [-0.1, -0.05) is 13.8 Å². The summed E-state index contributed by atoms with van der Waals surface area (Å²) in [4.78, 5) is 1.39. The van der Waals surface area contributed by atoms with Gasteiger partial charge in [0.15, 0.2) is 0 Å². The fraction of sp³-hybridized carbons (Fsp3) is 0.400. The zero-order valence-electron chi connectivity index (χ0n) is 7.66. The molecule has 64 valence electrons. The first-order valence-corrected chi connectivity index (χ1v) is 5.10. The molecule has 0 aliphatic rings. The van der Waals surface area contributed by atoms with E-state index in [0.29, 0.717) is 5.92 Å². The average Bonchev–Trinajstić information content (AvgIpc) is 2.53. The fourth-order valence-electron chi connectivity index (χ4n) is 1.59. The molecule has 0 saturated heterocycles.